The van der Waals surface area contributed by atoms with E-state index in [1.807, 2.05) is 18.2 Å². The molecule has 1 aliphatic rings. The zero-order chi connectivity index (χ0) is 17.8. The lowest BCUT2D eigenvalue weighted by atomic mass is 10.0. The van der Waals surface area contributed by atoms with E-state index in [1.54, 1.807) is 6.07 Å². The first-order valence-electron chi connectivity index (χ1n) is 7.85. The number of esters is 1. The molecule has 0 radical (unpaired) electrons. The van der Waals surface area contributed by atoms with Gasteiger partial charge in [-0.1, -0.05) is 45.9 Å². The van der Waals surface area contributed by atoms with Gasteiger partial charge in [-0.05, 0) is 11.6 Å². The van der Waals surface area contributed by atoms with Gasteiger partial charge in [-0.25, -0.2) is 4.79 Å². The summed E-state index contributed by atoms with van der Waals surface area (Å²) in [5, 5.41) is 4.62. The second-order valence-electron chi connectivity index (χ2n) is 5.75. The van der Waals surface area contributed by atoms with Crippen molar-refractivity contribution in [3.63, 3.8) is 0 Å². The van der Waals surface area contributed by atoms with E-state index in [4.69, 9.17) is 27.9 Å². The Morgan fingerprint density at radius 2 is 2.00 bits per heavy atom. The van der Waals surface area contributed by atoms with Crippen molar-refractivity contribution in [1.29, 1.82) is 0 Å². The largest absolute Gasteiger partial charge is 0.468 e. The van der Waals surface area contributed by atoms with Crippen LogP contribution in [-0.2, 0) is 16.1 Å². The highest BCUT2D eigenvalue weighted by Gasteiger charge is 2.32. The van der Waals surface area contributed by atoms with Crippen LogP contribution >= 0.6 is 34.7 Å². The number of benzene rings is 1. The lowest BCUT2D eigenvalue weighted by molar-refractivity contribution is -0.148. The van der Waals surface area contributed by atoms with Crippen molar-refractivity contribution < 1.29 is 9.53 Å². The summed E-state index contributed by atoms with van der Waals surface area (Å²) in [7, 11) is 1.40. The molecular formula is C16H18Cl2N4O2S. The molecule has 0 saturated carbocycles. The van der Waals surface area contributed by atoms with E-state index in [9.17, 15) is 4.79 Å². The molecular weight excluding hydrogens is 383 g/mol. The standard InChI is InChI=1S/C16H18Cl2N4O2S/c1-24-16(23)14(11-4-2-3-5-12(11)17)22-8-6-21(7-9-22)10-13-15(18)25-20-19-13/h2-5,14H,6-10H2,1H3. The van der Waals surface area contributed by atoms with E-state index < -0.39 is 6.04 Å². The van der Waals surface area contributed by atoms with Gasteiger partial charge < -0.3 is 4.74 Å². The number of methoxy groups -OCH3 is 1. The van der Waals surface area contributed by atoms with E-state index in [-0.39, 0.29) is 5.97 Å². The van der Waals surface area contributed by atoms with Crippen molar-refractivity contribution in [2.24, 2.45) is 0 Å². The second-order valence-corrected chi connectivity index (χ2v) is 7.52. The van der Waals surface area contributed by atoms with Crippen molar-refractivity contribution in [3.8, 4) is 0 Å². The van der Waals surface area contributed by atoms with Crippen LogP contribution in [0.1, 0.15) is 17.3 Å². The normalized spacial score (nSPS) is 17.4. The molecule has 0 bridgehead atoms. The smallest absolute Gasteiger partial charge is 0.327 e. The predicted molar refractivity (Wildman–Crippen MR) is 98.0 cm³/mol. The number of nitrogens with zero attached hydrogens (tertiary/aromatic N) is 4. The first-order valence-corrected chi connectivity index (χ1v) is 9.38. The van der Waals surface area contributed by atoms with Crippen LogP contribution in [0.2, 0.25) is 9.36 Å². The van der Waals surface area contributed by atoms with Crippen molar-refractivity contribution in [3.05, 3.63) is 44.9 Å². The summed E-state index contributed by atoms with van der Waals surface area (Å²) in [6.07, 6.45) is 0. The Balaban J connectivity index is 1.69. The number of hydrogen-bond acceptors (Lipinski definition) is 7. The highest BCUT2D eigenvalue weighted by Crippen LogP contribution is 2.30. The Morgan fingerprint density at radius 3 is 2.60 bits per heavy atom. The van der Waals surface area contributed by atoms with Crippen molar-refractivity contribution in [1.82, 2.24) is 19.4 Å². The third kappa shape index (κ3) is 4.30. The minimum atomic E-state index is -0.495. The summed E-state index contributed by atoms with van der Waals surface area (Å²) in [6, 6.07) is 6.90. The maximum absolute atomic E-state index is 12.4. The SMILES string of the molecule is COC(=O)C(c1ccccc1Cl)N1CCN(Cc2nnsc2Cl)CC1. The Morgan fingerprint density at radius 1 is 1.28 bits per heavy atom. The van der Waals surface area contributed by atoms with Crippen LogP contribution in [0.4, 0.5) is 0 Å². The minimum Gasteiger partial charge on any atom is -0.468 e. The summed E-state index contributed by atoms with van der Waals surface area (Å²) < 4.78 is 9.51. The topological polar surface area (TPSA) is 58.6 Å². The predicted octanol–water partition coefficient (Wildman–Crippen LogP) is 2.88. The molecule has 1 saturated heterocycles. The van der Waals surface area contributed by atoms with Crippen LogP contribution in [0.25, 0.3) is 0 Å². The summed E-state index contributed by atoms with van der Waals surface area (Å²) in [5.74, 6) is -0.298. The van der Waals surface area contributed by atoms with Crippen LogP contribution in [-0.4, -0.2) is 58.6 Å². The Labute approximate surface area is 160 Å². The third-order valence-electron chi connectivity index (χ3n) is 4.28. The van der Waals surface area contributed by atoms with Crippen LogP contribution < -0.4 is 0 Å². The van der Waals surface area contributed by atoms with Crippen molar-refractivity contribution >= 4 is 40.7 Å². The summed E-state index contributed by atoms with van der Waals surface area (Å²) in [5.41, 5.74) is 1.58. The van der Waals surface area contributed by atoms with E-state index in [2.05, 4.69) is 19.4 Å². The molecule has 0 aliphatic carbocycles. The Bertz CT molecular complexity index is 734. The van der Waals surface area contributed by atoms with Crippen molar-refractivity contribution in [2.45, 2.75) is 12.6 Å². The first kappa shape index (κ1) is 18.5. The quantitative estimate of drug-likeness (QED) is 0.719. The molecule has 1 atom stereocenters. The van der Waals surface area contributed by atoms with Gasteiger partial charge in [0.05, 0.1) is 7.11 Å². The van der Waals surface area contributed by atoms with Gasteiger partial charge in [-0.2, -0.15) is 0 Å². The molecule has 1 aliphatic heterocycles. The Kier molecular flexibility index (Phi) is 6.24. The zero-order valence-electron chi connectivity index (χ0n) is 13.7. The Hall–Kier alpha value is -1.25. The lowest BCUT2D eigenvalue weighted by Gasteiger charge is -2.38. The number of carbonyl (C=O) groups excluding carboxylic acids is 1. The zero-order valence-corrected chi connectivity index (χ0v) is 16.0. The molecule has 1 unspecified atom stereocenters. The molecule has 0 amide bonds. The summed E-state index contributed by atoms with van der Waals surface area (Å²) in [4.78, 5) is 16.7. The molecule has 1 fully saturated rings. The molecule has 1 aromatic carbocycles. The summed E-state index contributed by atoms with van der Waals surface area (Å²) >= 11 is 13.6. The van der Waals surface area contributed by atoms with Gasteiger partial charge in [0.25, 0.3) is 0 Å². The average Bonchev–Trinajstić information content (AvgIpc) is 3.03. The highest BCUT2D eigenvalue weighted by atomic mass is 35.5. The minimum absolute atomic E-state index is 0.298. The lowest BCUT2D eigenvalue weighted by Crippen LogP contribution is -2.49. The van der Waals surface area contributed by atoms with Gasteiger partial charge in [0.15, 0.2) is 0 Å². The van der Waals surface area contributed by atoms with Gasteiger partial charge in [0.2, 0.25) is 0 Å². The second kappa shape index (κ2) is 8.42. The molecule has 2 heterocycles. The molecule has 1 aromatic heterocycles. The molecule has 2 aromatic rings. The monoisotopic (exact) mass is 400 g/mol. The van der Waals surface area contributed by atoms with Crippen LogP contribution in [0.3, 0.4) is 0 Å². The van der Waals surface area contributed by atoms with Gasteiger partial charge in [-0.3, -0.25) is 9.80 Å². The van der Waals surface area contributed by atoms with E-state index in [0.29, 0.717) is 15.9 Å². The molecule has 3 rings (SSSR count). The number of hydrogen-bond donors (Lipinski definition) is 0. The molecule has 6 nitrogen and oxygen atoms in total. The van der Waals surface area contributed by atoms with Gasteiger partial charge in [-0.15, -0.1) is 5.10 Å². The number of ether oxygens (including phenoxy) is 1. The molecule has 0 N–H and O–H groups in total. The molecule has 0 spiro atoms. The van der Waals surface area contributed by atoms with Crippen molar-refractivity contribution in [2.75, 3.05) is 33.3 Å². The highest BCUT2D eigenvalue weighted by molar-refractivity contribution is 7.10. The van der Waals surface area contributed by atoms with Gasteiger partial charge in [0, 0.05) is 49.3 Å². The number of aromatic nitrogens is 2. The summed E-state index contributed by atoms with van der Waals surface area (Å²) in [6.45, 7) is 3.70. The fourth-order valence-corrected chi connectivity index (χ4v) is 3.82. The van der Waals surface area contributed by atoms with Gasteiger partial charge >= 0.3 is 5.97 Å². The van der Waals surface area contributed by atoms with E-state index in [0.717, 1.165) is 37.4 Å². The average molecular weight is 401 g/mol. The molecule has 25 heavy (non-hydrogen) atoms. The molecule has 134 valence electrons. The first-order chi connectivity index (χ1) is 12.1. The van der Waals surface area contributed by atoms with Crippen LogP contribution in [0.5, 0.6) is 0 Å². The maximum Gasteiger partial charge on any atom is 0.327 e. The number of piperazine rings is 1. The third-order valence-corrected chi connectivity index (χ3v) is 5.61. The fourth-order valence-electron chi connectivity index (χ4n) is 2.96. The number of halogens is 2. The van der Waals surface area contributed by atoms with Gasteiger partial charge in [0.1, 0.15) is 16.1 Å². The number of rotatable bonds is 5. The van der Waals surface area contributed by atoms with Crippen LogP contribution in [0, 0.1) is 0 Å². The van der Waals surface area contributed by atoms with E-state index in [1.165, 1.54) is 18.6 Å². The molecule has 9 heteroatoms. The fraction of sp³-hybridized carbons (Fsp3) is 0.438. The van der Waals surface area contributed by atoms with E-state index >= 15 is 0 Å². The van der Waals surface area contributed by atoms with Crippen LogP contribution in [0.15, 0.2) is 24.3 Å². The number of carbonyl (C=O) groups is 1. The maximum atomic E-state index is 12.4.